The zero-order valence-corrected chi connectivity index (χ0v) is 6.90. The summed E-state index contributed by atoms with van der Waals surface area (Å²) in [5, 5.41) is 4.08. The molecule has 3 heteroatoms. The smallest absolute Gasteiger partial charge is 0.122 e. The summed E-state index contributed by atoms with van der Waals surface area (Å²) < 4.78 is 7.15. The lowest BCUT2D eigenvalue weighted by Gasteiger charge is -2.01. The van der Waals surface area contributed by atoms with Gasteiger partial charge < -0.3 is 4.74 Å². The second kappa shape index (κ2) is 2.85. The van der Waals surface area contributed by atoms with Gasteiger partial charge in [0.15, 0.2) is 0 Å². The van der Waals surface area contributed by atoms with Crippen LogP contribution in [-0.4, -0.2) is 16.2 Å². The first kappa shape index (κ1) is 7.16. The fourth-order valence-electron chi connectivity index (χ4n) is 1.16. The van der Waals surface area contributed by atoms with E-state index in [2.05, 4.69) is 5.10 Å². The first-order chi connectivity index (χ1) is 5.90. The van der Waals surface area contributed by atoms with Crippen LogP contribution in [0, 0.1) is 0 Å². The third-order valence-corrected chi connectivity index (χ3v) is 1.68. The van der Waals surface area contributed by atoms with E-state index in [9.17, 15) is 0 Å². The van der Waals surface area contributed by atoms with E-state index in [0.717, 1.165) is 11.3 Å². The molecule has 0 saturated heterocycles. The maximum Gasteiger partial charge on any atom is 0.122 e. The van der Waals surface area contributed by atoms with Gasteiger partial charge in [-0.1, -0.05) is 0 Å². The van der Waals surface area contributed by atoms with Gasteiger partial charge in [-0.05, 0) is 19.1 Å². The molecule has 2 heterocycles. The topological polar surface area (TPSA) is 26.5 Å². The Morgan fingerprint density at radius 1 is 1.50 bits per heavy atom. The number of fused-ring (bicyclic) bond motifs is 1. The molecule has 0 aromatic carbocycles. The van der Waals surface area contributed by atoms with Crippen LogP contribution >= 0.6 is 0 Å². The zero-order valence-electron chi connectivity index (χ0n) is 6.90. The molecule has 0 fully saturated rings. The summed E-state index contributed by atoms with van der Waals surface area (Å²) in [6.07, 6.45) is 3.66. The predicted molar refractivity (Wildman–Crippen MR) is 46.4 cm³/mol. The molecule has 2 aromatic rings. The van der Waals surface area contributed by atoms with Crippen LogP contribution in [0.4, 0.5) is 0 Å². The van der Waals surface area contributed by atoms with Gasteiger partial charge in [-0.25, -0.2) is 4.52 Å². The quantitative estimate of drug-likeness (QED) is 0.672. The van der Waals surface area contributed by atoms with Crippen molar-refractivity contribution in [1.82, 2.24) is 9.61 Å². The molecule has 0 spiro atoms. The van der Waals surface area contributed by atoms with Crippen LogP contribution in [0.1, 0.15) is 6.92 Å². The SMILES string of the molecule is CCOc1ccn2nccc2c1. The van der Waals surface area contributed by atoms with E-state index in [4.69, 9.17) is 4.74 Å². The van der Waals surface area contributed by atoms with Gasteiger partial charge in [0.1, 0.15) is 5.75 Å². The minimum absolute atomic E-state index is 0.699. The Labute approximate surface area is 70.6 Å². The average molecular weight is 162 g/mol. The second-order valence-corrected chi connectivity index (χ2v) is 2.50. The summed E-state index contributed by atoms with van der Waals surface area (Å²) in [7, 11) is 0. The maximum absolute atomic E-state index is 5.34. The van der Waals surface area contributed by atoms with Crippen molar-refractivity contribution in [2.45, 2.75) is 6.92 Å². The van der Waals surface area contributed by atoms with E-state index in [0.29, 0.717) is 6.61 Å². The van der Waals surface area contributed by atoms with Gasteiger partial charge in [-0.3, -0.25) is 0 Å². The van der Waals surface area contributed by atoms with Crippen LogP contribution < -0.4 is 4.74 Å². The minimum Gasteiger partial charge on any atom is -0.494 e. The van der Waals surface area contributed by atoms with E-state index in [1.807, 2.05) is 35.8 Å². The highest BCUT2D eigenvalue weighted by molar-refractivity contribution is 5.49. The number of pyridine rings is 1. The molecule has 0 aliphatic heterocycles. The third-order valence-electron chi connectivity index (χ3n) is 1.68. The Morgan fingerprint density at radius 3 is 3.25 bits per heavy atom. The molecule has 0 aliphatic rings. The normalized spacial score (nSPS) is 10.4. The molecule has 0 N–H and O–H groups in total. The Bertz CT molecular complexity index is 381. The number of rotatable bonds is 2. The number of aromatic nitrogens is 2. The van der Waals surface area contributed by atoms with E-state index in [1.54, 1.807) is 6.20 Å². The van der Waals surface area contributed by atoms with Crippen LogP contribution in [0.15, 0.2) is 30.6 Å². The Hall–Kier alpha value is -1.51. The van der Waals surface area contributed by atoms with E-state index < -0.39 is 0 Å². The van der Waals surface area contributed by atoms with Crippen molar-refractivity contribution in [3.05, 3.63) is 30.6 Å². The second-order valence-electron chi connectivity index (χ2n) is 2.50. The zero-order chi connectivity index (χ0) is 8.39. The maximum atomic E-state index is 5.34. The van der Waals surface area contributed by atoms with Gasteiger partial charge in [-0.15, -0.1) is 0 Å². The molecule has 3 nitrogen and oxygen atoms in total. The van der Waals surface area contributed by atoms with Crippen molar-refractivity contribution in [2.24, 2.45) is 0 Å². The number of hydrogen-bond donors (Lipinski definition) is 0. The van der Waals surface area contributed by atoms with Gasteiger partial charge >= 0.3 is 0 Å². The molecular formula is C9H10N2O. The van der Waals surface area contributed by atoms with Crippen molar-refractivity contribution < 1.29 is 4.74 Å². The number of ether oxygens (including phenoxy) is 1. The first-order valence-corrected chi connectivity index (χ1v) is 3.96. The van der Waals surface area contributed by atoms with Crippen molar-refractivity contribution in [3.8, 4) is 5.75 Å². The molecule has 0 atom stereocenters. The molecule has 0 unspecified atom stereocenters. The minimum atomic E-state index is 0.699. The van der Waals surface area contributed by atoms with Gasteiger partial charge in [0.2, 0.25) is 0 Å². The van der Waals surface area contributed by atoms with Crippen molar-refractivity contribution >= 4 is 5.52 Å². The molecule has 2 aromatic heterocycles. The summed E-state index contributed by atoms with van der Waals surface area (Å²) in [5.41, 5.74) is 1.06. The predicted octanol–water partition coefficient (Wildman–Crippen LogP) is 1.73. The summed E-state index contributed by atoms with van der Waals surface area (Å²) in [4.78, 5) is 0. The summed E-state index contributed by atoms with van der Waals surface area (Å²) in [5.74, 6) is 0.894. The Balaban J connectivity index is 2.46. The van der Waals surface area contributed by atoms with Crippen LogP contribution in [-0.2, 0) is 0 Å². The van der Waals surface area contributed by atoms with Crippen molar-refractivity contribution in [3.63, 3.8) is 0 Å². The lowest BCUT2D eigenvalue weighted by atomic mass is 10.4. The van der Waals surface area contributed by atoms with Gasteiger partial charge in [0.25, 0.3) is 0 Å². The standard InChI is InChI=1S/C9H10N2O/c1-2-12-9-4-6-11-8(7-9)3-5-10-11/h3-7H,2H2,1H3. The van der Waals surface area contributed by atoms with Crippen molar-refractivity contribution in [2.75, 3.05) is 6.61 Å². The summed E-state index contributed by atoms with van der Waals surface area (Å²) in [6, 6.07) is 5.82. The lowest BCUT2D eigenvalue weighted by molar-refractivity contribution is 0.340. The monoisotopic (exact) mass is 162 g/mol. The molecule has 62 valence electrons. The third kappa shape index (κ3) is 1.13. The average Bonchev–Trinajstić information content (AvgIpc) is 2.51. The fourth-order valence-corrected chi connectivity index (χ4v) is 1.16. The first-order valence-electron chi connectivity index (χ1n) is 3.96. The molecule has 0 saturated carbocycles. The highest BCUT2D eigenvalue weighted by atomic mass is 16.5. The van der Waals surface area contributed by atoms with E-state index in [-0.39, 0.29) is 0 Å². The fraction of sp³-hybridized carbons (Fsp3) is 0.222. The molecule has 0 bridgehead atoms. The largest absolute Gasteiger partial charge is 0.494 e. The number of nitrogens with zero attached hydrogens (tertiary/aromatic N) is 2. The summed E-state index contributed by atoms with van der Waals surface area (Å²) in [6.45, 7) is 2.67. The highest BCUT2D eigenvalue weighted by Crippen LogP contribution is 2.13. The summed E-state index contributed by atoms with van der Waals surface area (Å²) >= 11 is 0. The van der Waals surface area contributed by atoms with Crippen molar-refractivity contribution in [1.29, 1.82) is 0 Å². The Morgan fingerprint density at radius 2 is 2.42 bits per heavy atom. The van der Waals surface area contributed by atoms with E-state index in [1.165, 1.54) is 0 Å². The Kier molecular flexibility index (Phi) is 1.70. The molecule has 0 radical (unpaired) electrons. The molecule has 0 aliphatic carbocycles. The number of hydrogen-bond acceptors (Lipinski definition) is 2. The van der Waals surface area contributed by atoms with Crippen LogP contribution in [0.25, 0.3) is 5.52 Å². The van der Waals surface area contributed by atoms with E-state index >= 15 is 0 Å². The molecular weight excluding hydrogens is 152 g/mol. The van der Waals surface area contributed by atoms with Crippen LogP contribution in [0.3, 0.4) is 0 Å². The van der Waals surface area contributed by atoms with Crippen LogP contribution in [0.5, 0.6) is 5.75 Å². The van der Waals surface area contributed by atoms with Crippen LogP contribution in [0.2, 0.25) is 0 Å². The highest BCUT2D eigenvalue weighted by Gasteiger charge is 1.95. The van der Waals surface area contributed by atoms with Gasteiger partial charge in [-0.2, -0.15) is 5.10 Å². The molecule has 0 amide bonds. The van der Waals surface area contributed by atoms with Gasteiger partial charge in [0, 0.05) is 18.5 Å². The molecule has 2 rings (SSSR count). The van der Waals surface area contributed by atoms with Gasteiger partial charge in [0.05, 0.1) is 12.1 Å². The lowest BCUT2D eigenvalue weighted by Crippen LogP contribution is -1.92. The molecule has 12 heavy (non-hydrogen) atoms.